The predicted molar refractivity (Wildman–Crippen MR) is 209 cm³/mol. The van der Waals surface area contributed by atoms with Crippen LogP contribution in [0.2, 0.25) is 0 Å². The van der Waals surface area contributed by atoms with Crippen LogP contribution in [0.4, 0.5) is 17.1 Å². The molecule has 0 amide bonds. The number of hydrogen-bond donors (Lipinski definition) is 0. The Bertz CT molecular complexity index is 2530. The number of benzene rings is 8. The molecule has 0 aromatic heterocycles. The summed E-state index contributed by atoms with van der Waals surface area (Å²) in [5, 5.41) is 0. The first-order valence-corrected chi connectivity index (χ1v) is 17.5. The molecular formula is C49H33NO. The van der Waals surface area contributed by atoms with Gasteiger partial charge in [0.2, 0.25) is 0 Å². The van der Waals surface area contributed by atoms with Crippen LogP contribution in [0.1, 0.15) is 22.3 Å². The van der Waals surface area contributed by atoms with Gasteiger partial charge in [-0.15, -0.1) is 0 Å². The fourth-order valence-corrected chi connectivity index (χ4v) is 8.40. The molecule has 1 spiro atoms. The van der Waals surface area contributed by atoms with Crippen molar-refractivity contribution in [2.75, 3.05) is 4.90 Å². The van der Waals surface area contributed by atoms with E-state index >= 15 is 0 Å². The molecule has 0 fully saturated rings. The molecule has 8 aromatic carbocycles. The maximum atomic E-state index is 6.56. The van der Waals surface area contributed by atoms with E-state index in [2.05, 4.69) is 205 Å². The average Bonchev–Trinajstić information content (AvgIpc) is 3.49. The van der Waals surface area contributed by atoms with Gasteiger partial charge in [0.15, 0.2) is 0 Å². The normalized spacial score (nSPS) is 13.0. The van der Waals surface area contributed by atoms with E-state index in [1.165, 1.54) is 55.6 Å². The Balaban J connectivity index is 1.20. The van der Waals surface area contributed by atoms with E-state index < -0.39 is 5.41 Å². The van der Waals surface area contributed by atoms with E-state index in [0.717, 1.165) is 28.6 Å². The first-order chi connectivity index (χ1) is 25.3. The van der Waals surface area contributed by atoms with Gasteiger partial charge in [0, 0.05) is 28.1 Å². The van der Waals surface area contributed by atoms with Gasteiger partial charge in [-0.2, -0.15) is 0 Å². The Kier molecular flexibility index (Phi) is 6.75. The molecule has 2 nitrogen and oxygen atoms in total. The summed E-state index contributed by atoms with van der Waals surface area (Å²) in [6.45, 7) is 0. The number of anilines is 3. The fraction of sp³-hybridized carbons (Fsp3) is 0.0204. The summed E-state index contributed by atoms with van der Waals surface area (Å²) in [4.78, 5) is 2.41. The zero-order valence-electron chi connectivity index (χ0n) is 27.9. The van der Waals surface area contributed by atoms with Crippen molar-refractivity contribution in [3.8, 4) is 44.9 Å². The smallest absolute Gasteiger partial charge is 0.132 e. The number of nitrogens with zero attached hydrogens (tertiary/aromatic N) is 1. The molecule has 1 aliphatic heterocycles. The Morgan fingerprint density at radius 1 is 0.333 bits per heavy atom. The number of para-hydroxylation sites is 4. The molecule has 0 radical (unpaired) electrons. The molecule has 240 valence electrons. The first-order valence-electron chi connectivity index (χ1n) is 17.5. The Labute approximate surface area is 298 Å². The molecule has 51 heavy (non-hydrogen) atoms. The topological polar surface area (TPSA) is 12.5 Å². The van der Waals surface area contributed by atoms with Gasteiger partial charge in [0.05, 0.1) is 11.1 Å². The second-order valence-corrected chi connectivity index (χ2v) is 13.3. The van der Waals surface area contributed by atoms with Crippen molar-refractivity contribution >= 4 is 17.1 Å². The second-order valence-electron chi connectivity index (χ2n) is 13.3. The van der Waals surface area contributed by atoms with Crippen LogP contribution in [0.5, 0.6) is 11.5 Å². The summed E-state index contributed by atoms with van der Waals surface area (Å²) in [6, 6.07) is 72.0. The molecule has 0 unspecified atom stereocenters. The minimum absolute atomic E-state index is 0.497. The Hall–Kier alpha value is -6.64. The minimum atomic E-state index is -0.497. The minimum Gasteiger partial charge on any atom is -0.457 e. The van der Waals surface area contributed by atoms with Crippen LogP contribution in [0, 0.1) is 0 Å². The number of ether oxygens (including phenoxy) is 1. The van der Waals surface area contributed by atoms with Gasteiger partial charge in [0.1, 0.15) is 11.5 Å². The fourth-order valence-electron chi connectivity index (χ4n) is 8.40. The largest absolute Gasteiger partial charge is 0.457 e. The maximum Gasteiger partial charge on any atom is 0.132 e. The van der Waals surface area contributed by atoms with E-state index in [1.807, 2.05) is 0 Å². The number of rotatable bonds is 5. The summed E-state index contributed by atoms with van der Waals surface area (Å²) in [5.74, 6) is 1.81. The molecular weight excluding hydrogens is 619 g/mol. The summed E-state index contributed by atoms with van der Waals surface area (Å²) >= 11 is 0. The lowest BCUT2D eigenvalue weighted by Crippen LogP contribution is -2.32. The van der Waals surface area contributed by atoms with Gasteiger partial charge in [0.25, 0.3) is 0 Å². The lowest BCUT2D eigenvalue weighted by Gasteiger charge is -2.39. The molecule has 0 atom stereocenters. The highest BCUT2D eigenvalue weighted by molar-refractivity contribution is 5.94. The van der Waals surface area contributed by atoms with Gasteiger partial charge in [-0.05, 0) is 87.5 Å². The van der Waals surface area contributed by atoms with Crippen LogP contribution in [0.3, 0.4) is 0 Å². The highest BCUT2D eigenvalue weighted by atomic mass is 16.5. The molecule has 0 bridgehead atoms. The van der Waals surface area contributed by atoms with Crippen molar-refractivity contribution in [1.82, 2.24) is 0 Å². The molecule has 1 aliphatic carbocycles. The van der Waals surface area contributed by atoms with E-state index in [9.17, 15) is 0 Å². The van der Waals surface area contributed by atoms with Gasteiger partial charge in [-0.1, -0.05) is 152 Å². The van der Waals surface area contributed by atoms with Crippen LogP contribution in [-0.4, -0.2) is 0 Å². The lowest BCUT2D eigenvalue weighted by molar-refractivity contribution is 0.436. The average molecular weight is 652 g/mol. The van der Waals surface area contributed by atoms with Crippen LogP contribution in [-0.2, 0) is 5.41 Å². The van der Waals surface area contributed by atoms with E-state index in [4.69, 9.17) is 4.74 Å². The van der Waals surface area contributed by atoms with Crippen LogP contribution in [0.25, 0.3) is 33.4 Å². The van der Waals surface area contributed by atoms with E-state index in [0.29, 0.717) is 0 Å². The zero-order valence-corrected chi connectivity index (χ0v) is 27.9. The monoisotopic (exact) mass is 651 g/mol. The Morgan fingerprint density at radius 3 is 1.63 bits per heavy atom. The van der Waals surface area contributed by atoms with Crippen LogP contribution in [0.15, 0.2) is 200 Å². The second kappa shape index (κ2) is 11.8. The van der Waals surface area contributed by atoms with Gasteiger partial charge < -0.3 is 9.64 Å². The summed E-state index contributed by atoms with van der Waals surface area (Å²) in [6.07, 6.45) is 0. The number of hydrogen-bond acceptors (Lipinski definition) is 2. The van der Waals surface area contributed by atoms with Crippen molar-refractivity contribution in [2.24, 2.45) is 0 Å². The van der Waals surface area contributed by atoms with Gasteiger partial charge in [-0.3, -0.25) is 0 Å². The Morgan fingerprint density at radius 2 is 0.882 bits per heavy atom. The van der Waals surface area contributed by atoms with Crippen molar-refractivity contribution in [1.29, 1.82) is 0 Å². The van der Waals surface area contributed by atoms with Crippen molar-refractivity contribution < 1.29 is 4.74 Å². The molecule has 0 saturated carbocycles. The van der Waals surface area contributed by atoms with Crippen LogP contribution < -0.4 is 9.64 Å². The van der Waals surface area contributed by atoms with Crippen molar-refractivity contribution in [2.45, 2.75) is 5.41 Å². The summed E-state index contributed by atoms with van der Waals surface area (Å²) in [7, 11) is 0. The zero-order chi connectivity index (χ0) is 33.8. The molecule has 8 aromatic rings. The molecule has 0 saturated heterocycles. The predicted octanol–water partition coefficient (Wildman–Crippen LogP) is 13.0. The third kappa shape index (κ3) is 4.50. The van der Waals surface area contributed by atoms with Crippen LogP contribution >= 0.6 is 0 Å². The van der Waals surface area contributed by atoms with E-state index in [-0.39, 0.29) is 0 Å². The molecule has 2 aliphatic rings. The van der Waals surface area contributed by atoms with Gasteiger partial charge >= 0.3 is 0 Å². The number of fused-ring (bicyclic) bond motifs is 9. The molecule has 1 heterocycles. The third-order valence-corrected chi connectivity index (χ3v) is 10.5. The summed E-state index contributed by atoms with van der Waals surface area (Å²) in [5.41, 5.74) is 15.0. The molecule has 2 heteroatoms. The standard InChI is InChI=1S/C49H33NO/c1-3-16-34(17-4-1)35-18-15-19-36(32-35)39-22-8-12-27-46(39)50(37-20-5-2-6-21-37)38-30-31-43-41(33-38)40-23-7-9-24-42(40)49(43)44-25-10-13-28-47(44)51-48-29-14-11-26-45(48)49/h1-33H. The van der Waals surface area contributed by atoms with E-state index in [1.54, 1.807) is 0 Å². The SMILES string of the molecule is c1ccc(-c2cccc(-c3ccccc3N(c3ccccc3)c3ccc4c(c3)-c3ccccc3C43c4ccccc4Oc4ccccc43)c2)cc1. The third-order valence-electron chi connectivity index (χ3n) is 10.5. The highest BCUT2D eigenvalue weighted by Gasteiger charge is 2.51. The summed E-state index contributed by atoms with van der Waals surface area (Å²) < 4.78 is 6.56. The van der Waals surface area contributed by atoms with Crippen molar-refractivity contribution in [3.05, 3.63) is 222 Å². The molecule has 0 N–H and O–H groups in total. The van der Waals surface area contributed by atoms with Gasteiger partial charge in [-0.25, -0.2) is 0 Å². The quantitative estimate of drug-likeness (QED) is 0.184. The highest BCUT2D eigenvalue weighted by Crippen LogP contribution is 2.62. The maximum absolute atomic E-state index is 6.56. The van der Waals surface area contributed by atoms with Crippen molar-refractivity contribution in [3.63, 3.8) is 0 Å². The lowest BCUT2D eigenvalue weighted by atomic mass is 9.66. The first kappa shape index (κ1) is 29.3. The molecule has 10 rings (SSSR count).